The van der Waals surface area contributed by atoms with E-state index in [0.717, 1.165) is 28.1 Å². The van der Waals surface area contributed by atoms with E-state index in [9.17, 15) is 0 Å². The molecule has 5 rings (SSSR count). The Balaban J connectivity index is 1.67. The highest BCUT2D eigenvalue weighted by atomic mass is 16.5. The Morgan fingerprint density at radius 1 is 1.06 bits per heavy atom. The number of allylic oxidation sites excluding steroid dienone is 1. The summed E-state index contributed by atoms with van der Waals surface area (Å²) in [5, 5.41) is 0. The summed E-state index contributed by atoms with van der Waals surface area (Å²) >= 11 is 0. The van der Waals surface area contributed by atoms with Gasteiger partial charge >= 0.3 is 0 Å². The first-order chi connectivity index (χ1) is 14.8. The van der Waals surface area contributed by atoms with Crippen molar-refractivity contribution < 1.29 is 9.47 Å². The molecule has 31 heavy (non-hydrogen) atoms. The highest BCUT2D eigenvalue weighted by Gasteiger charge is 2.48. The Morgan fingerprint density at radius 2 is 1.90 bits per heavy atom. The minimum absolute atomic E-state index is 0.0516. The van der Waals surface area contributed by atoms with E-state index in [-0.39, 0.29) is 18.0 Å². The number of aromatic nitrogens is 2. The molecule has 0 fully saturated rings. The molecule has 0 saturated heterocycles. The Bertz CT molecular complexity index is 1210. The monoisotopic (exact) mass is 412 g/mol. The average molecular weight is 412 g/mol. The van der Waals surface area contributed by atoms with Crippen LogP contribution in [0.25, 0.3) is 17.2 Å². The molecule has 2 aromatic heterocycles. The minimum Gasteiger partial charge on any atom is -0.462 e. The van der Waals surface area contributed by atoms with E-state index in [1.807, 2.05) is 48.7 Å². The molecule has 4 heterocycles. The lowest BCUT2D eigenvalue weighted by atomic mass is 9.83. The molecule has 6 nitrogen and oxygen atoms in total. The van der Waals surface area contributed by atoms with Gasteiger partial charge in [0.25, 0.3) is 6.02 Å². The van der Waals surface area contributed by atoms with Crippen molar-refractivity contribution in [1.29, 1.82) is 0 Å². The number of rotatable bonds is 2. The van der Waals surface area contributed by atoms with Gasteiger partial charge in [-0.2, -0.15) is 0 Å². The molecule has 2 aliphatic heterocycles. The molecule has 0 saturated carbocycles. The van der Waals surface area contributed by atoms with Crippen LogP contribution in [0.15, 0.2) is 65.9 Å². The molecular formula is C25H24N4O2. The summed E-state index contributed by atoms with van der Waals surface area (Å²) in [5.41, 5.74) is 9.65. The van der Waals surface area contributed by atoms with Crippen molar-refractivity contribution in [2.24, 2.45) is 16.1 Å². The minimum atomic E-state index is -0.850. The molecule has 3 aromatic rings. The average Bonchev–Trinajstić information content (AvgIpc) is 3.15. The van der Waals surface area contributed by atoms with Gasteiger partial charge in [-0.1, -0.05) is 39.0 Å². The van der Waals surface area contributed by atoms with Gasteiger partial charge in [0.15, 0.2) is 11.3 Å². The number of hydrogen-bond acceptors (Lipinski definition) is 6. The fraction of sp³-hybridized carbons (Fsp3) is 0.240. The van der Waals surface area contributed by atoms with Gasteiger partial charge in [0.05, 0.1) is 5.69 Å². The van der Waals surface area contributed by atoms with Crippen LogP contribution in [0.4, 0.5) is 0 Å². The second-order valence-electron chi connectivity index (χ2n) is 8.94. The summed E-state index contributed by atoms with van der Waals surface area (Å²) in [6, 6.07) is 14.0. The van der Waals surface area contributed by atoms with Crippen molar-refractivity contribution in [3.63, 3.8) is 0 Å². The number of benzene rings is 1. The maximum atomic E-state index is 6.22. The Morgan fingerprint density at radius 3 is 2.61 bits per heavy atom. The third kappa shape index (κ3) is 3.44. The number of amidine groups is 1. The number of nitrogens with zero attached hydrogens (tertiary/aromatic N) is 3. The number of hydrogen-bond donors (Lipinski definition) is 1. The quantitative estimate of drug-likeness (QED) is 0.647. The smallest absolute Gasteiger partial charge is 0.283 e. The molecule has 6 heteroatoms. The molecule has 2 N–H and O–H groups in total. The number of fused-ring (bicyclic) bond motifs is 4. The van der Waals surface area contributed by atoms with E-state index >= 15 is 0 Å². The third-order valence-electron chi connectivity index (χ3n) is 5.40. The third-order valence-corrected chi connectivity index (χ3v) is 5.40. The van der Waals surface area contributed by atoms with E-state index < -0.39 is 5.54 Å². The molecular weight excluding hydrogens is 388 g/mol. The summed E-state index contributed by atoms with van der Waals surface area (Å²) in [5.74, 6) is 1.39. The van der Waals surface area contributed by atoms with E-state index in [2.05, 4.69) is 37.9 Å². The summed E-state index contributed by atoms with van der Waals surface area (Å²) in [6.07, 6.45) is 7.76. The SMILES string of the molecule is CC(C)(C)/C=C/c1ccc2c(n1)[C@]1(COC(N)=N1)c1cc(-c3cccnc3)ccc1O2. The van der Waals surface area contributed by atoms with Crippen LogP contribution < -0.4 is 10.5 Å². The molecule has 0 aliphatic carbocycles. The molecule has 1 atom stereocenters. The van der Waals surface area contributed by atoms with Gasteiger partial charge in [0, 0.05) is 23.5 Å². The summed E-state index contributed by atoms with van der Waals surface area (Å²) in [6.45, 7) is 6.73. The number of nitrogens with two attached hydrogens (primary N) is 1. The zero-order valence-electron chi connectivity index (χ0n) is 17.8. The Hall–Kier alpha value is -3.67. The zero-order valence-corrected chi connectivity index (χ0v) is 17.8. The second kappa shape index (κ2) is 6.94. The lowest BCUT2D eigenvalue weighted by Gasteiger charge is -2.32. The van der Waals surface area contributed by atoms with E-state index in [0.29, 0.717) is 11.4 Å². The normalized spacial score (nSPS) is 19.5. The predicted molar refractivity (Wildman–Crippen MR) is 121 cm³/mol. The topological polar surface area (TPSA) is 82.6 Å². The fourth-order valence-electron chi connectivity index (χ4n) is 3.86. The number of ether oxygens (including phenoxy) is 2. The van der Waals surface area contributed by atoms with E-state index in [1.54, 1.807) is 6.20 Å². The molecule has 0 bridgehead atoms. The van der Waals surface area contributed by atoms with Gasteiger partial charge in [-0.3, -0.25) is 4.98 Å². The molecule has 0 radical (unpaired) electrons. The van der Waals surface area contributed by atoms with Crippen LogP contribution in [0.1, 0.15) is 37.7 Å². The summed E-state index contributed by atoms with van der Waals surface area (Å²) < 4.78 is 11.9. The zero-order chi connectivity index (χ0) is 21.6. The highest BCUT2D eigenvalue weighted by Crippen LogP contribution is 2.50. The van der Waals surface area contributed by atoms with Gasteiger partial charge in [-0.25, -0.2) is 9.98 Å². The van der Waals surface area contributed by atoms with E-state index in [4.69, 9.17) is 25.2 Å². The first-order valence-corrected chi connectivity index (χ1v) is 10.3. The summed E-state index contributed by atoms with van der Waals surface area (Å²) in [7, 11) is 0. The van der Waals surface area contributed by atoms with Crippen molar-refractivity contribution in [2.75, 3.05) is 6.61 Å². The molecule has 2 aliphatic rings. The standard InChI is InChI=1S/C25H24N4O2/c1-24(2,3)11-10-18-7-9-21-22(28-18)25(15-30-23(26)29-25)19-13-16(6-8-20(19)31-21)17-5-4-12-27-14-17/h4-14H,15H2,1-3H3,(H2,26,29)/b11-10+/t25-/m0/s1. The lowest BCUT2D eigenvalue weighted by molar-refractivity contribution is 0.260. The van der Waals surface area contributed by atoms with Gasteiger partial charge < -0.3 is 15.2 Å². The van der Waals surface area contributed by atoms with Gasteiger partial charge in [-0.05, 0) is 47.4 Å². The maximum absolute atomic E-state index is 6.22. The van der Waals surface area contributed by atoms with Gasteiger partial charge in [-0.15, -0.1) is 0 Å². The molecule has 1 spiro atoms. The molecule has 0 amide bonds. The predicted octanol–water partition coefficient (Wildman–Crippen LogP) is 4.90. The first kappa shape index (κ1) is 19.3. The molecule has 156 valence electrons. The number of pyridine rings is 2. The summed E-state index contributed by atoms with van der Waals surface area (Å²) in [4.78, 5) is 13.9. The van der Waals surface area contributed by atoms with Crippen molar-refractivity contribution >= 4 is 12.1 Å². The van der Waals surface area contributed by atoms with Crippen molar-refractivity contribution in [3.8, 4) is 22.6 Å². The maximum Gasteiger partial charge on any atom is 0.283 e. The van der Waals surface area contributed by atoms with Crippen LogP contribution >= 0.6 is 0 Å². The Kier molecular flexibility index (Phi) is 4.32. The van der Waals surface area contributed by atoms with Crippen LogP contribution in [0.5, 0.6) is 11.5 Å². The van der Waals surface area contributed by atoms with Crippen LogP contribution in [0.3, 0.4) is 0 Å². The van der Waals surface area contributed by atoms with Gasteiger partial charge in [0.2, 0.25) is 0 Å². The lowest BCUT2D eigenvalue weighted by Crippen LogP contribution is -2.32. The largest absolute Gasteiger partial charge is 0.462 e. The van der Waals surface area contributed by atoms with Gasteiger partial charge in [0.1, 0.15) is 18.1 Å². The number of aliphatic imine (C=N–C) groups is 1. The van der Waals surface area contributed by atoms with Crippen LogP contribution in [-0.4, -0.2) is 22.6 Å². The van der Waals surface area contributed by atoms with Crippen molar-refractivity contribution in [3.05, 3.63) is 77.9 Å². The van der Waals surface area contributed by atoms with Crippen LogP contribution in [-0.2, 0) is 10.3 Å². The van der Waals surface area contributed by atoms with Crippen molar-refractivity contribution in [2.45, 2.75) is 26.3 Å². The van der Waals surface area contributed by atoms with Crippen LogP contribution in [0, 0.1) is 5.41 Å². The van der Waals surface area contributed by atoms with E-state index in [1.165, 1.54) is 0 Å². The first-order valence-electron chi connectivity index (χ1n) is 10.3. The molecule has 1 aromatic carbocycles. The fourth-order valence-corrected chi connectivity index (χ4v) is 3.86. The second-order valence-corrected chi connectivity index (χ2v) is 8.94. The Labute approximate surface area is 181 Å². The van der Waals surface area contributed by atoms with Crippen molar-refractivity contribution in [1.82, 2.24) is 9.97 Å². The molecule has 0 unspecified atom stereocenters. The van der Waals surface area contributed by atoms with Crippen LogP contribution in [0.2, 0.25) is 0 Å². The highest BCUT2D eigenvalue weighted by molar-refractivity contribution is 5.77.